The normalized spacial score (nSPS) is 16.7. The number of hydrogen-bond donors (Lipinski definition) is 0. The van der Waals surface area contributed by atoms with Crippen LogP contribution in [-0.2, 0) is 16.6 Å². The minimum absolute atomic E-state index is 0.0752. The van der Waals surface area contributed by atoms with Gasteiger partial charge in [0.2, 0.25) is 5.91 Å². The van der Waals surface area contributed by atoms with E-state index in [1.807, 2.05) is 17.0 Å². The molecule has 0 bridgehead atoms. The van der Waals surface area contributed by atoms with Crippen LogP contribution in [0.25, 0.3) is 0 Å². The molecule has 0 aliphatic carbocycles. The van der Waals surface area contributed by atoms with Crippen LogP contribution in [-0.4, -0.2) is 48.9 Å². The van der Waals surface area contributed by atoms with Gasteiger partial charge in [-0.2, -0.15) is 0 Å². The molecule has 0 atom stereocenters. The number of hydrogen-bond acceptors (Lipinski definition) is 2. The Morgan fingerprint density at radius 1 is 1.13 bits per heavy atom. The van der Waals surface area contributed by atoms with E-state index in [1.165, 1.54) is 0 Å². The fraction of sp³-hybridized carbons (Fsp3) is 0.611. The zero-order valence-corrected chi connectivity index (χ0v) is 16.0. The van der Waals surface area contributed by atoms with Gasteiger partial charge in [-0.15, -0.1) is 0 Å². The third-order valence-electron chi connectivity index (χ3n) is 4.87. The Bertz CT molecular complexity index is 555. The maximum Gasteiger partial charge on any atom is 0.227 e. The van der Waals surface area contributed by atoms with E-state index in [4.69, 9.17) is 23.2 Å². The first-order valence-corrected chi connectivity index (χ1v) is 8.95. The largest absolute Gasteiger partial charge is 0.340 e. The van der Waals surface area contributed by atoms with Gasteiger partial charge in [-0.25, -0.2) is 0 Å². The van der Waals surface area contributed by atoms with E-state index in [1.54, 1.807) is 0 Å². The fourth-order valence-electron chi connectivity index (χ4n) is 2.89. The third kappa shape index (κ3) is 4.40. The van der Waals surface area contributed by atoms with E-state index in [0.29, 0.717) is 16.5 Å². The summed E-state index contributed by atoms with van der Waals surface area (Å²) in [5, 5.41) is 1.32. The van der Waals surface area contributed by atoms with E-state index in [2.05, 4.69) is 32.7 Å². The summed E-state index contributed by atoms with van der Waals surface area (Å²) in [6.45, 7) is 9.82. The molecule has 1 saturated heterocycles. The molecule has 0 unspecified atom stereocenters. The van der Waals surface area contributed by atoms with Crippen LogP contribution in [0.15, 0.2) is 12.1 Å². The van der Waals surface area contributed by atoms with Crippen molar-refractivity contribution in [2.45, 2.75) is 39.0 Å². The molecule has 1 fully saturated rings. The predicted octanol–water partition coefficient (Wildman–Crippen LogP) is 4.00. The smallest absolute Gasteiger partial charge is 0.227 e. The van der Waals surface area contributed by atoms with Crippen molar-refractivity contribution in [3.8, 4) is 0 Å². The first-order chi connectivity index (χ1) is 10.7. The molecule has 2 rings (SSSR count). The lowest BCUT2D eigenvalue weighted by Crippen LogP contribution is -2.47. The van der Waals surface area contributed by atoms with Gasteiger partial charge in [-0.1, -0.05) is 44.0 Å². The highest BCUT2D eigenvalue weighted by Crippen LogP contribution is 2.38. The van der Waals surface area contributed by atoms with Gasteiger partial charge in [0.15, 0.2) is 0 Å². The van der Waals surface area contributed by atoms with E-state index < -0.39 is 0 Å². The minimum atomic E-state index is -0.0752. The molecule has 1 amide bonds. The second-order valence-corrected chi connectivity index (χ2v) is 7.85. The van der Waals surface area contributed by atoms with E-state index in [9.17, 15) is 4.79 Å². The van der Waals surface area contributed by atoms with Crippen molar-refractivity contribution in [1.82, 2.24) is 9.80 Å². The van der Waals surface area contributed by atoms with Crippen molar-refractivity contribution in [1.29, 1.82) is 0 Å². The number of carbonyl (C=O) groups excluding carboxylic acids is 1. The van der Waals surface area contributed by atoms with Gasteiger partial charge in [0.1, 0.15) is 0 Å². The molecule has 1 aromatic carbocycles. The molecule has 1 aromatic rings. The number of halogens is 2. The van der Waals surface area contributed by atoms with Crippen molar-refractivity contribution >= 4 is 29.1 Å². The van der Waals surface area contributed by atoms with Gasteiger partial charge in [0, 0.05) is 36.2 Å². The topological polar surface area (TPSA) is 23.6 Å². The second kappa shape index (κ2) is 7.42. The van der Waals surface area contributed by atoms with Crippen molar-refractivity contribution in [2.75, 3.05) is 33.2 Å². The molecule has 0 spiro atoms. The lowest BCUT2D eigenvalue weighted by molar-refractivity contribution is -0.132. The van der Waals surface area contributed by atoms with Crippen molar-refractivity contribution in [2.24, 2.45) is 0 Å². The summed E-state index contributed by atoms with van der Waals surface area (Å²) in [4.78, 5) is 16.6. The van der Waals surface area contributed by atoms with Crippen LogP contribution >= 0.6 is 23.2 Å². The quantitative estimate of drug-likeness (QED) is 0.813. The summed E-state index contributed by atoms with van der Waals surface area (Å²) in [6, 6.07) is 3.79. The van der Waals surface area contributed by atoms with Gasteiger partial charge in [-0.05, 0) is 42.1 Å². The summed E-state index contributed by atoms with van der Waals surface area (Å²) >= 11 is 12.9. The molecule has 1 heterocycles. The SMILES string of the molecule is CCC(C)(C)c1c(Cl)cc(CC(=O)N2CCN(C)CC2)cc1Cl. The van der Waals surface area contributed by atoms with Crippen LogP contribution in [0.5, 0.6) is 0 Å². The van der Waals surface area contributed by atoms with Crippen LogP contribution in [0.2, 0.25) is 10.0 Å². The first kappa shape index (κ1) is 18.6. The second-order valence-electron chi connectivity index (χ2n) is 7.03. The Morgan fingerprint density at radius 3 is 2.13 bits per heavy atom. The number of likely N-dealkylation sites (N-methyl/N-ethyl adjacent to an activating group) is 1. The summed E-state index contributed by atoms with van der Waals surface area (Å²) in [5.74, 6) is 0.146. The average molecular weight is 357 g/mol. The molecule has 0 aromatic heterocycles. The van der Waals surface area contributed by atoms with Crippen molar-refractivity contribution < 1.29 is 4.79 Å². The van der Waals surface area contributed by atoms with Crippen LogP contribution in [0, 0.1) is 0 Å². The minimum Gasteiger partial charge on any atom is -0.340 e. The van der Waals surface area contributed by atoms with Crippen LogP contribution in [0.4, 0.5) is 0 Å². The maximum absolute atomic E-state index is 12.5. The Morgan fingerprint density at radius 2 is 1.65 bits per heavy atom. The van der Waals surface area contributed by atoms with Gasteiger partial charge >= 0.3 is 0 Å². The summed E-state index contributed by atoms with van der Waals surface area (Å²) in [7, 11) is 2.08. The highest BCUT2D eigenvalue weighted by atomic mass is 35.5. The highest BCUT2D eigenvalue weighted by molar-refractivity contribution is 6.36. The van der Waals surface area contributed by atoms with E-state index >= 15 is 0 Å². The van der Waals surface area contributed by atoms with Gasteiger partial charge in [0.05, 0.1) is 6.42 Å². The molecule has 23 heavy (non-hydrogen) atoms. The Labute approximate surface area is 149 Å². The number of piperazine rings is 1. The number of benzene rings is 1. The number of rotatable bonds is 4. The van der Waals surface area contributed by atoms with Crippen LogP contribution in [0.3, 0.4) is 0 Å². The van der Waals surface area contributed by atoms with Gasteiger partial charge in [-0.3, -0.25) is 4.79 Å². The van der Waals surface area contributed by atoms with Crippen molar-refractivity contribution in [3.63, 3.8) is 0 Å². The third-order valence-corrected chi connectivity index (χ3v) is 5.47. The molecule has 0 saturated carbocycles. The molecule has 0 N–H and O–H groups in total. The number of nitrogens with zero attached hydrogens (tertiary/aromatic N) is 2. The molecule has 0 radical (unpaired) electrons. The lowest BCUT2D eigenvalue weighted by atomic mass is 9.81. The molecule has 1 aliphatic rings. The van der Waals surface area contributed by atoms with E-state index in [-0.39, 0.29) is 11.3 Å². The van der Waals surface area contributed by atoms with Gasteiger partial charge in [0.25, 0.3) is 0 Å². The standard InChI is InChI=1S/C18H26Cl2N2O/c1-5-18(2,3)17-14(19)10-13(11-15(17)20)12-16(23)22-8-6-21(4)7-9-22/h10-11H,5-9,12H2,1-4H3. The predicted molar refractivity (Wildman–Crippen MR) is 97.6 cm³/mol. The average Bonchev–Trinajstić information content (AvgIpc) is 2.46. The highest BCUT2D eigenvalue weighted by Gasteiger charge is 2.25. The monoisotopic (exact) mass is 356 g/mol. The van der Waals surface area contributed by atoms with Gasteiger partial charge < -0.3 is 9.80 Å². The van der Waals surface area contributed by atoms with Crippen LogP contribution < -0.4 is 0 Å². The Balaban J connectivity index is 2.14. The maximum atomic E-state index is 12.5. The number of amides is 1. The number of carbonyl (C=O) groups is 1. The molecular formula is C18H26Cl2N2O. The Kier molecular flexibility index (Phi) is 5.99. The Hall–Kier alpha value is -0.770. The summed E-state index contributed by atoms with van der Waals surface area (Å²) in [5.41, 5.74) is 1.78. The van der Waals surface area contributed by atoms with E-state index in [0.717, 1.165) is 43.7 Å². The summed E-state index contributed by atoms with van der Waals surface area (Å²) in [6.07, 6.45) is 1.31. The molecular weight excluding hydrogens is 331 g/mol. The summed E-state index contributed by atoms with van der Waals surface area (Å²) < 4.78 is 0. The molecule has 3 nitrogen and oxygen atoms in total. The molecule has 128 valence electrons. The first-order valence-electron chi connectivity index (χ1n) is 8.19. The molecule has 5 heteroatoms. The lowest BCUT2D eigenvalue weighted by Gasteiger charge is -2.32. The zero-order chi connectivity index (χ0) is 17.2. The zero-order valence-electron chi connectivity index (χ0n) is 14.5. The van der Waals surface area contributed by atoms with Crippen LogP contribution in [0.1, 0.15) is 38.3 Å². The molecule has 1 aliphatic heterocycles. The van der Waals surface area contributed by atoms with Crippen molar-refractivity contribution in [3.05, 3.63) is 33.3 Å². The fourth-order valence-corrected chi connectivity index (χ4v) is 3.94.